The molecule has 1 aliphatic rings. The summed E-state index contributed by atoms with van der Waals surface area (Å²) in [5.74, 6) is -0.143. The van der Waals surface area contributed by atoms with Gasteiger partial charge in [0.05, 0.1) is 10.6 Å². The Hall–Kier alpha value is -3.98. The van der Waals surface area contributed by atoms with Crippen LogP contribution in [0.1, 0.15) is 41.3 Å². The normalized spacial score (nSPS) is 13.1. The minimum Gasteiger partial charge on any atom is -0.403 e. The molecule has 1 heterocycles. The van der Waals surface area contributed by atoms with Crippen LogP contribution in [0.25, 0.3) is 11.5 Å². The number of para-hydroxylation sites is 1. The SMILES string of the molecule is CCN(c1ccccc1)S(=O)(=O)c1ccc(C(=O)Nc2nnc(-c3ccc4c(c3)CCCC4)o2)cc1. The third-order valence-corrected chi connectivity index (χ3v) is 8.19. The smallest absolute Gasteiger partial charge is 0.322 e. The van der Waals surface area contributed by atoms with E-state index in [4.69, 9.17) is 4.42 Å². The predicted molar refractivity (Wildman–Crippen MR) is 137 cm³/mol. The maximum atomic E-state index is 13.2. The second kappa shape index (κ2) is 9.94. The molecule has 1 N–H and O–H groups in total. The van der Waals surface area contributed by atoms with Crippen LogP contribution in [0.3, 0.4) is 0 Å². The minimum atomic E-state index is -3.78. The first-order valence-electron chi connectivity index (χ1n) is 11.9. The molecule has 9 heteroatoms. The van der Waals surface area contributed by atoms with Gasteiger partial charge in [0.25, 0.3) is 15.9 Å². The number of rotatable bonds is 7. The van der Waals surface area contributed by atoms with E-state index in [1.165, 1.54) is 52.5 Å². The zero-order chi connectivity index (χ0) is 25.1. The van der Waals surface area contributed by atoms with Gasteiger partial charge in [-0.15, -0.1) is 5.10 Å². The van der Waals surface area contributed by atoms with E-state index in [-0.39, 0.29) is 23.0 Å². The first kappa shape index (κ1) is 23.7. The van der Waals surface area contributed by atoms with E-state index in [1.54, 1.807) is 31.2 Å². The summed E-state index contributed by atoms with van der Waals surface area (Å²) in [4.78, 5) is 12.8. The minimum absolute atomic E-state index is 0.0225. The lowest BCUT2D eigenvalue weighted by Gasteiger charge is -2.22. The number of nitrogens with one attached hydrogen (secondary N) is 1. The van der Waals surface area contributed by atoms with Crippen LogP contribution in [0.2, 0.25) is 0 Å². The average Bonchev–Trinajstić information content (AvgIpc) is 3.38. The fourth-order valence-corrected chi connectivity index (χ4v) is 5.89. The molecule has 0 aliphatic heterocycles. The van der Waals surface area contributed by atoms with Gasteiger partial charge in [-0.25, -0.2) is 8.42 Å². The van der Waals surface area contributed by atoms with Crippen molar-refractivity contribution in [2.75, 3.05) is 16.2 Å². The molecule has 4 aromatic rings. The van der Waals surface area contributed by atoms with Gasteiger partial charge in [-0.2, -0.15) is 0 Å². The maximum Gasteiger partial charge on any atom is 0.322 e. The van der Waals surface area contributed by atoms with Crippen LogP contribution in [-0.4, -0.2) is 31.1 Å². The molecule has 8 nitrogen and oxygen atoms in total. The molecular weight excluding hydrogens is 476 g/mol. The third kappa shape index (κ3) is 4.74. The highest BCUT2D eigenvalue weighted by atomic mass is 32.2. The molecule has 5 rings (SSSR count). The van der Waals surface area contributed by atoms with E-state index in [0.29, 0.717) is 11.6 Å². The van der Waals surface area contributed by atoms with Crippen LogP contribution in [0.4, 0.5) is 11.7 Å². The lowest BCUT2D eigenvalue weighted by atomic mass is 9.90. The Bertz CT molecular complexity index is 1480. The molecule has 0 saturated heterocycles. The van der Waals surface area contributed by atoms with Gasteiger partial charge < -0.3 is 4.42 Å². The van der Waals surface area contributed by atoms with Crippen molar-refractivity contribution in [3.8, 4) is 11.5 Å². The summed E-state index contributed by atoms with van der Waals surface area (Å²) in [7, 11) is -3.78. The molecule has 0 spiro atoms. The van der Waals surface area contributed by atoms with Gasteiger partial charge in [-0.3, -0.25) is 14.4 Å². The van der Waals surface area contributed by atoms with Crippen molar-refractivity contribution in [2.24, 2.45) is 0 Å². The van der Waals surface area contributed by atoms with Gasteiger partial charge >= 0.3 is 6.01 Å². The van der Waals surface area contributed by atoms with Crippen LogP contribution in [0.15, 0.2) is 82.1 Å². The van der Waals surface area contributed by atoms with Crippen molar-refractivity contribution >= 4 is 27.6 Å². The standard InChI is InChI=1S/C27H26N4O4S/c1-2-31(23-10-4-3-5-11-23)36(33,34)24-16-14-20(15-17-24)25(32)28-27-30-29-26(35-27)22-13-12-19-8-6-7-9-21(19)18-22/h3-5,10-18H,2,6-9H2,1H3,(H,28,30,32). The molecule has 0 fully saturated rings. The molecule has 1 amide bonds. The summed E-state index contributed by atoms with van der Waals surface area (Å²) >= 11 is 0. The van der Waals surface area contributed by atoms with Gasteiger partial charge in [0.1, 0.15) is 0 Å². The average molecular weight is 503 g/mol. The fourth-order valence-electron chi connectivity index (χ4n) is 4.42. The Morgan fingerprint density at radius 2 is 1.67 bits per heavy atom. The van der Waals surface area contributed by atoms with Crippen LogP contribution in [-0.2, 0) is 22.9 Å². The van der Waals surface area contributed by atoms with Crippen molar-refractivity contribution in [3.63, 3.8) is 0 Å². The number of aromatic nitrogens is 2. The van der Waals surface area contributed by atoms with Crippen molar-refractivity contribution in [1.29, 1.82) is 0 Å². The van der Waals surface area contributed by atoms with Crippen LogP contribution in [0, 0.1) is 0 Å². The molecule has 0 atom stereocenters. The largest absolute Gasteiger partial charge is 0.403 e. The molecule has 0 radical (unpaired) electrons. The van der Waals surface area contributed by atoms with Crippen LogP contribution >= 0.6 is 0 Å². The number of carbonyl (C=O) groups excluding carboxylic acids is 1. The molecule has 3 aromatic carbocycles. The Morgan fingerprint density at radius 3 is 2.39 bits per heavy atom. The fraction of sp³-hybridized carbons (Fsp3) is 0.222. The highest BCUT2D eigenvalue weighted by Gasteiger charge is 2.24. The Labute approximate surface area is 210 Å². The molecule has 0 saturated carbocycles. The molecular formula is C27H26N4O4S. The van der Waals surface area contributed by atoms with E-state index < -0.39 is 15.9 Å². The third-order valence-electron chi connectivity index (χ3n) is 6.28. The molecule has 0 bridgehead atoms. The quantitative estimate of drug-likeness (QED) is 0.378. The van der Waals surface area contributed by atoms with Crippen molar-refractivity contribution < 1.29 is 17.6 Å². The Balaban J connectivity index is 1.29. The van der Waals surface area contributed by atoms with Gasteiger partial charge in [0.15, 0.2) is 0 Å². The first-order valence-corrected chi connectivity index (χ1v) is 13.3. The van der Waals surface area contributed by atoms with E-state index in [9.17, 15) is 13.2 Å². The van der Waals surface area contributed by atoms with E-state index in [1.807, 2.05) is 12.1 Å². The Kier molecular flexibility index (Phi) is 6.56. The number of aryl methyl sites for hydroxylation is 2. The first-order chi connectivity index (χ1) is 17.5. The molecule has 0 unspecified atom stereocenters. The zero-order valence-electron chi connectivity index (χ0n) is 19.8. The summed E-state index contributed by atoms with van der Waals surface area (Å²) in [5, 5.41) is 10.6. The zero-order valence-corrected chi connectivity index (χ0v) is 20.7. The van der Waals surface area contributed by atoms with Crippen molar-refractivity contribution in [3.05, 3.63) is 89.5 Å². The molecule has 1 aromatic heterocycles. The van der Waals surface area contributed by atoms with Crippen LogP contribution in [0.5, 0.6) is 0 Å². The van der Waals surface area contributed by atoms with E-state index >= 15 is 0 Å². The summed E-state index contributed by atoms with van der Waals surface area (Å²) in [6.07, 6.45) is 4.50. The van der Waals surface area contributed by atoms with Crippen molar-refractivity contribution in [2.45, 2.75) is 37.5 Å². The van der Waals surface area contributed by atoms with E-state index in [2.05, 4.69) is 27.6 Å². The maximum absolute atomic E-state index is 13.2. The summed E-state index contributed by atoms with van der Waals surface area (Å²) in [6.45, 7) is 2.05. The van der Waals surface area contributed by atoms with Crippen molar-refractivity contribution in [1.82, 2.24) is 10.2 Å². The number of benzene rings is 3. The van der Waals surface area contributed by atoms with E-state index in [0.717, 1.165) is 18.4 Å². The number of carbonyl (C=O) groups is 1. The number of fused-ring (bicyclic) bond motifs is 1. The Morgan fingerprint density at radius 1 is 0.944 bits per heavy atom. The number of amides is 1. The lowest BCUT2D eigenvalue weighted by Crippen LogP contribution is -2.30. The topological polar surface area (TPSA) is 105 Å². The monoisotopic (exact) mass is 502 g/mol. The van der Waals surface area contributed by atoms with Gasteiger partial charge in [0, 0.05) is 17.7 Å². The number of anilines is 2. The van der Waals surface area contributed by atoms with Crippen LogP contribution < -0.4 is 9.62 Å². The van der Waals surface area contributed by atoms with Gasteiger partial charge in [-0.1, -0.05) is 29.4 Å². The summed E-state index contributed by atoms with van der Waals surface area (Å²) < 4.78 is 33.3. The predicted octanol–water partition coefficient (Wildman–Crippen LogP) is 5.08. The number of hydrogen-bond acceptors (Lipinski definition) is 6. The summed E-state index contributed by atoms with van der Waals surface area (Å²) in [6, 6.07) is 20.7. The molecule has 1 aliphatic carbocycles. The van der Waals surface area contributed by atoms with Gasteiger partial charge in [-0.05, 0) is 92.3 Å². The second-order valence-electron chi connectivity index (χ2n) is 8.59. The van der Waals surface area contributed by atoms with Gasteiger partial charge in [0.2, 0.25) is 5.89 Å². The second-order valence-corrected chi connectivity index (χ2v) is 10.4. The molecule has 36 heavy (non-hydrogen) atoms. The highest BCUT2D eigenvalue weighted by molar-refractivity contribution is 7.92. The number of nitrogens with zero attached hydrogens (tertiary/aromatic N) is 3. The summed E-state index contributed by atoms with van der Waals surface area (Å²) in [5.41, 5.74) is 4.32. The highest BCUT2D eigenvalue weighted by Crippen LogP contribution is 2.28. The molecule has 184 valence electrons. The lowest BCUT2D eigenvalue weighted by molar-refractivity contribution is 0.102. The number of hydrogen-bond donors (Lipinski definition) is 1. The number of sulfonamides is 1.